The van der Waals surface area contributed by atoms with E-state index in [9.17, 15) is 14.7 Å². The lowest BCUT2D eigenvalue weighted by molar-refractivity contribution is -0.138. The van der Waals surface area contributed by atoms with Crippen LogP contribution in [0.2, 0.25) is 5.02 Å². The molecule has 0 aliphatic heterocycles. The van der Waals surface area contributed by atoms with Gasteiger partial charge in [-0.05, 0) is 19.1 Å². The van der Waals surface area contributed by atoms with Crippen LogP contribution in [-0.2, 0) is 19.1 Å². The number of carbonyl (C=O) groups is 2. The molecule has 0 aliphatic carbocycles. The van der Waals surface area contributed by atoms with Gasteiger partial charge < -0.3 is 19.9 Å². The number of carbonyl (C=O) groups excluding carboxylic acids is 2. The molecule has 0 spiro atoms. The summed E-state index contributed by atoms with van der Waals surface area (Å²) in [5.41, 5.74) is -0.00142. The van der Waals surface area contributed by atoms with Crippen LogP contribution in [0, 0.1) is 0 Å². The number of hydrogen-bond donors (Lipinski definition) is 2. The van der Waals surface area contributed by atoms with Gasteiger partial charge in [-0.2, -0.15) is 0 Å². The maximum absolute atomic E-state index is 12.3. The van der Waals surface area contributed by atoms with Gasteiger partial charge in [-0.3, -0.25) is 0 Å². The zero-order valence-electron chi connectivity index (χ0n) is 16.3. The second kappa shape index (κ2) is 11.4. The number of halogens is 1. The van der Waals surface area contributed by atoms with Crippen molar-refractivity contribution in [2.24, 2.45) is 4.99 Å². The molecule has 0 atom stereocenters. The van der Waals surface area contributed by atoms with Gasteiger partial charge in [0.15, 0.2) is 5.70 Å². The topological polar surface area (TPSA) is 110 Å². The summed E-state index contributed by atoms with van der Waals surface area (Å²) in [6.07, 6.45) is 3.72. The van der Waals surface area contributed by atoms with Gasteiger partial charge in [0.1, 0.15) is 17.2 Å². The SMILES string of the molecule is CCOC(=O)C(/C=N/C(=C\Nc1ccc(Cl)cn1)C(=O)OC)=C(/O)c1ccccc1. The summed E-state index contributed by atoms with van der Waals surface area (Å²) < 4.78 is 9.69. The summed E-state index contributed by atoms with van der Waals surface area (Å²) in [6, 6.07) is 11.6. The number of esters is 2. The van der Waals surface area contributed by atoms with Gasteiger partial charge in [0.25, 0.3) is 0 Å². The van der Waals surface area contributed by atoms with Crippen LogP contribution in [0.1, 0.15) is 12.5 Å². The minimum atomic E-state index is -0.792. The Hall–Kier alpha value is -3.65. The first kappa shape index (κ1) is 22.6. The van der Waals surface area contributed by atoms with Gasteiger partial charge in [0, 0.05) is 24.2 Å². The molecule has 156 valence electrons. The molecule has 1 heterocycles. The third kappa shape index (κ3) is 6.46. The Balaban J connectivity index is 2.38. The molecule has 1 aromatic heterocycles. The molecule has 0 saturated carbocycles. The zero-order chi connectivity index (χ0) is 21.9. The Bertz CT molecular complexity index is 970. The first-order valence-corrected chi connectivity index (χ1v) is 9.20. The number of methoxy groups -OCH3 is 1. The number of aliphatic hydroxyl groups excluding tert-OH is 1. The number of aromatic nitrogens is 1. The summed E-state index contributed by atoms with van der Waals surface area (Å²) in [5.74, 6) is -1.49. The van der Waals surface area contributed by atoms with Crippen LogP contribution >= 0.6 is 11.6 Å². The standard InChI is InChI=1S/C21H20ClN3O5/c1-3-30-20(27)16(19(26)14-7-5-4-6-8-14)12-23-17(21(28)29-2)13-25-18-10-9-15(22)11-24-18/h4-13,26H,3H2,1-2H3,(H,24,25)/b17-13-,19-16+,23-12+. The quantitative estimate of drug-likeness (QED) is 0.284. The highest BCUT2D eigenvalue weighted by atomic mass is 35.5. The molecule has 9 heteroatoms. The fourth-order valence-electron chi connectivity index (χ4n) is 2.16. The molecule has 0 saturated heterocycles. The van der Waals surface area contributed by atoms with E-state index in [1.54, 1.807) is 49.4 Å². The van der Waals surface area contributed by atoms with E-state index >= 15 is 0 Å². The van der Waals surface area contributed by atoms with Crippen LogP contribution in [0.3, 0.4) is 0 Å². The Kier molecular flexibility index (Phi) is 8.58. The van der Waals surface area contributed by atoms with Crippen LogP contribution in [0.5, 0.6) is 0 Å². The predicted octanol–water partition coefficient (Wildman–Crippen LogP) is 3.76. The second-order valence-corrected chi connectivity index (χ2v) is 6.07. The van der Waals surface area contributed by atoms with E-state index < -0.39 is 11.9 Å². The molecule has 8 nitrogen and oxygen atoms in total. The van der Waals surface area contributed by atoms with Crippen LogP contribution in [0.25, 0.3) is 5.76 Å². The highest BCUT2D eigenvalue weighted by Gasteiger charge is 2.17. The van der Waals surface area contributed by atoms with Crippen molar-refractivity contribution in [3.63, 3.8) is 0 Å². The van der Waals surface area contributed by atoms with Crippen molar-refractivity contribution >= 4 is 41.3 Å². The van der Waals surface area contributed by atoms with Crippen molar-refractivity contribution in [3.05, 3.63) is 76.7 Å². The third-order valence-corrected chi connectivity index (χ3v) is 3.83. The molecule has 2 aromatic rings. The van der Waals surface area contributed by atoms with Crippen LogP contribution in [-0.4, -0.2) is 42.0 Å². The van der Waals surface area contributed by atoms with Crippen molar-refractivity contribution in [1.29, 1.82) is 0 Å². The monoisotopic (exact) mass is 429 g/mol. The zero-order valence-corrected chi connectivity index (χ0v) is 17.1. The highest BCUT2D eigenvalue weighted by molar-refractivity contribution is 6.30. The molecule has 0 bridgehead atoms. The highest BCUT2D eigenvalue weighted by Crippen LogP contribution is 2.17. The molecular formula is C21H20ClN3O5. The summed E-state index contributed by atoms with van der Waals surface area (Å²) in [6.45, 7) is 1.73. The maximum Gasteiger partial charge on any atom is 0.358 e. The molecule has 0 amide bonds. The summed E-state index contributed by atoms with van der Waals surface area (Å²) in [7, 11) is 1.19. The van der Waals surface area contributed by atoms with Crippen molar-refractivity contribution < 1.29 is 24.2 Å². The molecule has 0 radical (unpaired) electrons. The smallest absolute Gasteiger partial charge is 0.358 e. The molecular weight excluding hydrogens is 410 g/mol. The number of aliphatic hydroxyl groups is 1. The predicted molar refractivity (Wildman–Crippen MR) is 114 cm³/mol. The molecule has 0 unspecified atom stereocenters. The van der Waals surface area contributed by atoms with Crippen molar-refractivity contribution in [3.8, 4) is 0 Å². The number of anilines is 1. The van der Waals surface area contributed by atoms with E-state index in [4.69, 9.17) is 21.1 Å². The van der Waals surface area contributed by atoms with Gasteiger partial charge in [0.2, 0.25) is 0 Å². The van der Waals surface area contributed by atoms with Crippen LogP contribution in [0.4, 0.5) is 5.82 Å². The number of hydrogen-bond acceptors (Lipinski definition) is 8. The fourth-order valence-corrected chi connectivity index (χ4v) is 2.27. The number of benzene rings is 1. The number of pyridine rings is 1. The van der Waals surface area contributed by atoms with E-state index in [2.05, 4.69) is 15.3 Å². The third-order valence-electron chi connectivity index (χ3n) is 3.61. The maximum atomic E-state index is 12.3. The lowest BCUT2D eigenvalue weighted by atomic mass is 10.1. The van der Waals surface area contributed by atoms with Crippen LogP contribution in [0.15, 0.2) is 71.1 Å². The first-order valence-electron chi connectivity index (χ1n) is 8.82. The molecule has 0 aliphatic rings. The normalized spacial score (nSPS) is 12.3. The van der Waals surface area contributed by atoms with Gasteiger partial charge in [-0.25, -0.2) is 19.6 Å². The Morgan fingerprint density at radius 2 is 1.93 bits per heavy atom. The van der Waals surface area contributed by atoms with E-state index in [1.807, 2.05) is 0 Å². The van der Waals surface area contributed by atoms with Gasteiger partial charge in [-0.1, -0.05) is 41.9 Å². The van der Waals surface area contributed by atoms with Gasteiger partial charge >= 0.3 is 11.9 Å². The summed E-state index contributed by atoms with van der Waals surface area (Å²) >= 11 is 5.79. The molecule has 2 N–H and O–H groups in total. The van der Waals surface area contributed by atoms with Crippen molar-refractivity contribution in [2.45, 2.75) is 6.92 Å². The van der Waals surface area contributed by atoms with Crippen molar-refractivity contribution in [1.82, 2.24) is 4.98 Å². The minimum Gasteiger partial charge on any atom is -0.506 e. The lowest BCUT2D eigenvalue weighted by Crippen LogP contribution is -2.12. The number of ether oxygens (including phenoxy) is 2. The number of rotatable bonds is 8. The van der Waals surface area contributed by atoms with Crippen molar-refractivity contribution in [2.75, 3.05) is 19.0 Å². The number of nitrogens with zero attached hydrogens (tertiary/aromatic N) is 2. The largest absolute Gasteiger partial charge is 0.506 e. The lowest BCUT2D eigenvalue weighted by Gasteiger charge is -2.07. The van der Waals surface area contributed by atoms with E-state index in [0.29, 0.717) is 16.4 Å². The average Bonchev–Trinajstić information content (AvgIpc) is 2.77. The molecule has 0 fully saturated rings. The molecule has 30 heavy (non-hydrogen) atoms. The first-order chi connectivity index (χ1) is 14.5. The average molecular weight is 430 g/mol. The molecule has 1 aromatic carbocycles. The Morgan fingerprint density at radius 3 is 2.53 bits per heavy atom. The van der Waals surface area contributed by atoms with Crippen LogP contribution < -0.4 is 5.32 Å². The number of nitrogens with one attached hydrogen (secondary N) is 1. The summed E-state index contributed by atoms with van der Waals surface area (Å²) in [5, 5.41) is 13.8. The number of aliphatic imine (C=N–C) groups is 1. The molecule has 2 rings (SSSR count). The van der Waals surface area contributed by atoms with Gasteiger partial charge in [-0.15, -0.1) is 0 Å². The Morgan fingerprint density at radius 1 is 1.20 bits per heavy atom. The second-order valence-electron chi connectivity index (χ2n) is 5.63. The fraction of sp³-hybridized carbons (Fsp3) is 0.143. The minimum absolute atomic E-state index is 0.0989. The van der Waals surface area contributed by atoms with E-state index in [1.165, 1.54) is 19.5 Å². The van der Waals surface area contributed by atoms with E-state index in [0.717, 1.165) is 6.21 Å². The Labute approximate surface area is 178 Å². The van der Waals surface area contributed by atoms with E-state index in [-0.39, 0.29) is 23.6 Å². The van der Waals surface area contributed by atoms with Gasteiger partial charge in [0.05, 0.1) is 18.7 Å². The summed E-state index contributed by atoms with van der Waals surface area (Å²) in [4.78, 5) is 32.4.